The summed E-state index contributed by atoms with van der Waals surface area (Å²) in [4.78, 5) is 95.1. The maximum absolute atomic E-state index is 13.1. The van der Waals surface area contributed by atoms with Crippen molar-refractivity contribution >= 4 is 93.2 Å². The molecule has 1 fully saturated rings. The number of halogens is 1. The minimum Gasteiger partial charge on any atom is -0.477 e. The summed E-state index contributed by atoms with van der Waals surface area (Å²) in [5.74, 6) is -5.97. The van der Waals surface area contributed by atoms with E-state index in [1.807, 2.05) is 0 Å². The summed E-state index contributed by atoms with van der Waals surface area (Å²) in [6.45, 7) is 1.89. The van der Waals surface area contributed by atoms with E-state index in [0.29, 0.717) is 5.56 Å². The molecule has 0 spiro atoms. The number of thiazole rings is 1. The fourth-order valence-electron chi connectivity index (χ4n) is 4.37. The summed E-state index contributed by atoms with van der Waals surface area (Å²) in [5, 5.41) is 19.4. The van der Waals surface area contributed by atoms with Gasteiger partial charge in [-0.3, -0.25) is 28.9 Å². The fourth-order valence-corrected chi connectivity index (χ4v) is 6.47. The fraction of sp³-hybridized carbons (Fsp3) is 0.276. The van der Waals surface area contributed by atoms with Crippen molar-refractivity contribution < 1.29 is 57.7 Å². The Hall–Kier alpha value is -5.27. The molecule has 0 unspecified atom stereocenters. The number of nitrogens with one attached hydrogen (secondary N) is 2. The van der Waals surface area contributed by atoms with E-state index in [4.69, 9.17) is 30.6 Å². The number of esters is 3. The highest BCUT2D eigenvalue weighted by Gasteiger charge is 2.54. The zero-order valence-corrected chi connectivity index (χ0v) is 28.1. The molecule has 2 aliphatic heterocycles. The average molecular weight is 736 g/mol. The summed E-state index contributed by atoms with van der Waals surface area (Å²) in [5.41, 5.74) is -0.103. The number of oxime groups is 1. The molecule has 2 aromatic rings. The lowest BCUT2D eigenvalue weighted by atomic mass is 10.0. The molecule has 3 heterocycles. The summed E-state index contributed by atoms with van der Waals surface area (Å²) in [6.07, 6.45) is 2.38. The highest BCUT2D eigenvalue weighted by molar-refractivity contribution is 8.00. The number of carbonyl (C=O) groups is 7. The van der Waals surface area contributed by atoms with Crippen LogP contribution in [0.5, 0.6) is 11.5 Å². The zero-order valence-electron chi connectivity index (χ0n) is 25.7. The number of benzene rings is 1. The summed E-state index contributed by atoms with van der Waals surface area (Å²) in [7, 11) is 1.20. The Morgan fingerprint density at radius 1 is 1.14 bits per heavy atom. The molecule has 1 saturated heterocycles. The van der Waals surface area contributed by atoms with Gasteiger partial charge in [-0.1, -0.05) is 11.2 Å². The van der Waals surface area contributed by atoms with E-state index < -0.39 is 59.6 Å². The van der Waals surface area contributed by atoms with E-state index >= 15 is 0 Å². The second-order valence-electron chi connectivity index (χ2n) is 9.79. The number of nitrogens with zero attached hydrogens (tertiary/aromatic N) is 3. The number of hydrogen-bond donors (Lipinski definition) is 3. The molecule has 20 heteroatoms. The number of carboxylic acid groups (broad SMARTS) is 1. The van der Waals surface area contributed by atoms with Crippen LogP contribution >= 0.6 is 34.7 Å². The highest BCUT2D eigenvalue weighted by Crippen LogP contribution is 2.40. The number of hydrogen-bond acceptors (Lipinski definition) is 15. The van der Waals surface area contributed by atoms with Crippen LogP contribution < -0.4 is 20.1 Å². The average Bonchev–Trinajstić information content (AvgIpc) is 3.51. The number of ether oxygens (including phenoxy) is 3. The van der Waals surface area contributed by atoms with Crippen molar-refractivity contribution in [3.63, 3.8) is 0 Å². The molecule has 3 N–H and O–H groups in total. The third kappa shape index (κ3) is 9.00. The number of fused-ring (bicyclic) bond motifs is 1. The Balaban J connectivity index is 1.41. The number of rotatable bonds is 13. The van der Waals surface area contributed by atoms with Crippen molar-refractivity contribution in [2.24, 2.45) is 5.16 Å². The molecule has 1 aromatic heterocycles. The van der Waals surface area contributed by atoms with Crippen LogP contribution in [0.3, 0.4) is 0 Å². The first kappa shape index (κ1) is 36.6. The molecule has 17 nitrogen and oxygen atoms in total. The second-order valence-corrected chi connectivity index (χ2v) is 12.0. The van der Waals surface area contributed by atoms with Crippen LogP contribution in [0.25, 0.3) is 6.08 Å². The quantitative estimate of drug-likeness (QED) is 0.0504. The first-order chi connectivity index (χ1) is 23.3. The number of alkyl halides is 1. The molecule has 49 heavy (non-hydrogen) atoms. The van der Waals surface area contributed by atoms with E-state index in [2.05, 4.69) is 20.8 Å². The van der Waals surface area contributed by atoms with Crippen LogP contribution in [0.15, 0.2) is 46.1 Å². The van der Waals surface area contributed by atoms with E-state index in [0.717, 1.165) is 41.0 Å². The van der Waals surface area contributed by atoms with Crippen LogP contribution in [0.4, 0.5) is 5.13 Å². The normalized spacial score (nSPS) is 17.1. The predicted molar refractivity (Wildman–Crippen MR) is 174 cm³/mol. The van der Waals surface area contributed by atoms with Crippen LogP contribution in [0.2, 0.25) is 0 Å². The smallest absolute Gasteiger partial charge is 0.352 e. The number of thioether (sulfide) groups is 1. The number of β-lactam (4-membered cyclic amide) rings is 1. The summed E-state index contributed by atoms with van der Waals surface area (Å²) < 4.78 is 15.3. The monoisotopic (exact) mass is 735 g/mol. The Morgan fingerprint density at radius 2 is 1.86 bits per heavy atom. The van der Waals surface area contributed by atoms with Gasteiger partial charge in [0.05, 0.1) is 0 Å². The van der Waals surface area contributed by atoms with Gasteiger partial charge in [0.25, 0.3) is 11.8 Å². The lowest BCUT2D eigenvalue weighted by molar-refractivity contribution is -0.150. The minimum atomic E-state index is -1.44. The van der Waals surface area contributed by atoms with Crippen LogP contribution in [0.1, 0.15) is 25.1 Å². The molecule has 0 radical (unpaired) electrons. The number of carboxylic acids is 1. The number of carbonyl (C=O) groups excluding carboxylic acids is 6. The third-order valence-corrected chi connectivity index (χ3v) is 8.66. The molecule has 4 rings (SSSR count). The van der Waals surface area contributed by atoms with Crippen molar-refractivity contribution in [2.45, 2.75) is 25.3 Å². The summed E-state index contributed by atoms with van der Waals surface area (Å²) >= 11 is 7.63. The Morgan fingerprint density at radius 3 is 2.51 bits per heavy atom. The minimum absolute atomic E-state index is 0.00208. The molecule has 0 saturated carbocycles. The van der Waals surface area contributed by atoms with E-state index in [-0.39, 0.29) is 50.9 Å². The molecule has 3 amide bonds. The van der Waals surface area contributed by atoms with Crippen molar-refractivity contribution in [1.82, 2.24) is 15.2 Å². The van der Waals surface area contributed by atoms with Crippen LogP contribution in [-0.2, 0) is 43.1 Å². The highest BCUT2D eigenvalue weighted by atomic mass is 35.5. The molecule has 2 aliphatic rings. The first-order valence-electron chi connectivity index (χ1n) is 13.8. The predicted octanol–water partition coefficient (Wildman–Crippen LogP) is 1.52. The van der Waals surface area contributed by atoms with Gasteiger partial charge < -0.3 is 34.8 Å². The molecule has 1 aromatic carbocycles. The van der Waals surface area contributed by atoms with E-state index in [1.54, 1.807) is 0 Å². The topological polar surface area (TPSA) is 229 Å². The Kier molecular flexibility index (Phi) is 12.1. The largest absolute Gasteiger partial charge is 0.477 e. The third-order valence-electron chi connectivity index (χ3n) is 6.32. The van der Waals surface area contributed by atoms with Gasteiger partial charge >= 0.3 is 23.9 Å². The SMILES string of the molecule is CO/N=C(\C(=O)N[C@@H]1C(=O)N2C(C(=O)O)=C(COC(=O)C=Cc3ccc(OC(C)=O)c(OC(C)=O)c3)CS[C@H]12)c1csc(NC(=O)CCl)n1. The van der Waals surface area contributed by atoms with Gasteiger partial charge in [0, 0.05) is 36.6 Å². The maximum Gasteiger partial charge on any atom is 0.352 e. The molecule has 2 atom stereocenters. The van der Waals surface area contributed by atoms with Gasteiger partial charge in [-0.2, -0.15) is 0 Å². The van der Waals surface area contributed by atoms with E-state index in [1.165, 1.54) is 43.7 Å². The van der Waals surface area contributed by atoms with Gasteiger partial charge in [0.15, 0.2) is 22.3 Å². The second kappa shape index (κ2) is 16.2. The number of anilines is 1. The zero-order chi connectivity index (χ0) is 35.8. The van der Waals surface area contributed by atoms with Crippen LogP contribution in [0, 0.1) is 0 Å². The van der Waals surface area contributed by atoms with Gasteiger partial charge in [0.1, 0.15) is 42.4 Å². The molecule has 0 bridgehead atoms. The number of amides is 3. The van der Waals surface area contributed by atoms with Crippen molar-refractivity contribution in [2.75, 3.05) is 30.7 Å². The molecule has 258 valence electrons. The van der Waals surface area contributed by atoms with Gasteiger partial charge in [-0.05, 0) is 23.8 Å². The van der Waals surface area contributed by atoms with Crippen molar-refractivity contribution in [1.29, 1.82) is 0 Å². The molecule has 0 aliphatic carbocycles. The van der Waals surface area contributed by atoms with Gasteiger partial charge in [-0.15, -0.1) is 34.7 Å². The lowest BCUT2D eigenvalue weighted by Crippen LogP contribution is -2.71. The van der Waals surface area contributed by atoms with Gasteiger partial charge in [0.2, 0.25) is 5.91 Å². The standard InChI is InChI=1S/C29H26ClN5O12S2/c1-13(36)46-18-6-4-15(8-19(18)47-14(2)37)5-7-21(39)45-10-16-11-48-27-23(26(41)35(27)24(16)28(42)43)33-25(40)22(34-44-3)17-12-49-29(31-17)32-20(38)9-30/h4-8,12,23,27H,9-11H2,1-3H3,(H,33,40)(H,42,43)(H,31,32,38)/b7-5?,34-22-/t23-,27-/m1/s1. The Bertz CT molecular complexity index is 1810. The van der Waals surface area contributed by atoms with Gasteiger partial charge in [-0.25, -0.2) is 14.6 Å². The number of aliphatic carboxylic acids is 1. The summed E-state index contributed by atoms with van der Waals surface area (Å²) in [6, 6.07) is 3.09. The van der Waals surface area contributed by atoms with Crippen molar-refractivity contribution in [3.8, 4) is 11.5 Å². The number of aromatic nitrogens is 1. The van der Waals surface area contributed by atoms with Crippen LogP contribution in [-0.4, -0.2) is 99.1 Å². The maximum atomic E-state index is 13.1. The lowest BCUT2D eigenvalue weighted by Gasteiger charge is -2.49. The van der Waals surface area contributed by atoms with E-state index in [9.17, 15) is 38.7 Å². The molecular formula is C29H26ClN5O12S2. The molecular weight excluding hydrogens is 710 g/mol. The van der Waals surface area contributed by atoms with Crippen molar-refractivity contribution in [3.05, 3.63) is 52.2 Å². The first-order valence-corrected chi connectivity index (χ1v) is 16.3. The Labute approximate surface area is 290 Å².